The lowest BCUT2D eigenvalue weighted by molar-refractivity contribution is 0.174. The van der Waals surface area contributed by atoms with Gasteiger partial charge in [0.15, 0.2) is 23.1 Å². The van der Waals surface area contributed by atoms with Crippen LogP contribution in [-0.2, 0) is 6.61 Å². The molecule has 6 heteroatoms. The molecule has 0 spiro atoms. The molecular formula is C13H11ClN2O3. The van der Waals surface area contributed by atoms with Crippen LogP contribution in [0.5, 0.6) is 17.2 Å². The van der Waals surface area contributed by atoms with Gasteiger partial charge < -0.3 is 19.9 Å². The number of nitrogen functional groups attached to an aromatic ring is 1. The average molecular weight is 279 g/mol. The third-order valence-corrected chi connectivity index (χ3v) is 3.08. The van der Waals surface area contributed by atoms with Crippen LogP contribution in [0.2, 0.25) is 5.02 Å². The first-order chi connectivity index (χ1) is 9.24. The fraction of sp³-hybridized carbons (Fsp3) is 0.154. The number of hydrogen-bond donors (Lipinski definition) is 1. The molecule has 1 aromatic heterocycles. The van der Waals surface area contributed by atoms with Crippen LogP contribution in [0.25, 0.3) is 0 Å². The summed E-state index contributed by atoms with van der Waals surface area (Å²) in [6, 6.07) is 7.03. The van der Waals surface area contributed by atoms with Crippen molar-refractivity contribution in [3.05, 3.63) is 41.0 Å². The number of nitrogens with two attached hydrogens (primary N) is 1. The first-order valence-electron chi connectivity index (χ1n) is 5.65. The summed E-state index contributed by atoms with van der Waals surface area (Å²) in [6.45, 7) is 0.497. The number of anilines is 1. The van der Waals surface area contributed by atoms with E-state index in [-0.39, 0.29) is 13.4 Å². The first-order valence-corrected chi connectivity index (χ1v) is 6.03. The van der Waals surface area contributed by atoms with Gasteiger partial charge in [-0.05, 0) is 18.2 Å². The molecule has 3 rings (SSSR count). The summed E-state index contributed by atoms with van der Waals surface area (Å²) in [4.78, 5) is 3.95. The zero-order valence-electron chi connectivity index (χ0n) is 9.93. The van der Waals surface area contributed by atoms with Crippen LogP contribution in [0.4, 0.5) is 5.82 Å². The Kier molecular flexibility index (Phi) is 3.05. The van der Waals surface area contributed by atoms with Crippen molar-refractivity contribution >= 4 is 17.4 Å². The second-order valence-corrected chi connectivity index (χ2v) is 4.38. The highest BCUT2D eigenvalue weighted by Crippen LogP contribution is 2.37. The van der Waals surface area contributed by atoms with E-state index in [9.17, 15) is 0 Å². The summed E-state index contributed by atoms with van der Waals surface area (Å²) < 4.78 is 16.1. The van der Waals surface area contributed by atoms with Gasteiger partial charge in [-0.3, -0.25) is 0 Å². The molecule has 0 bridgehead atoms. The van der Waals surface area contributed by atoms with Crippen molar-refractivity contribution in [3.8, 4) is 17.2 Å². The van der Waals surface area contributed by atoms with E-state index in [1.807, 2.05) is 0 Å². The minimum atomic E-state index is 0.214. The minimum Gasteiger partial charge on any atom is -0.485 e. The Morgan fingerprint density at radius 1 is 1.32 bits per heavy atom. The van der Waals surface area contributed by atoms with E-state index in [1.165, 1.54) is 0 Å². The summed E-state index contributed by atoms with van der Waals surface area (Å²) in [6.07, 6.45) is 1.61. The van der Waals surface area contributed by atoms with Crippen LogP contribution in [0.15, 0.2) is 30.5 Å². The Hall–Kier alpha value is -2.14. The Labute approximate surface area is 114 Å². The quantitative estimate of drug-likeness (QED) is 0.935. The van der Waals surface area contributed by atoms with E-state index in [0.717, 1.165) is 5.56 Å². The van der Waals surface area contributed by atoms with Gasteiger partial charge in [-0.15, -0.1) is 0 Å². The lowest BCUT2D eigenvalue weighted by atomic mass is 10.2. The molecule has 0 unspecified atom stereocenters. The molecule has 1 aliphatic rings. The van der Waals surface area contributed by atoms with Gasteiger partial charge in [-0.25, -0.2) is 4.98 Å². The molecule has 5 nitrogen and oxygen atoms in total. The van der Waals surface area contributed by atoms with E-state index in [0.29, 0.717) is 28.1 Å². The number of benzene rings is 1. The Bertz CT molecular complexity index is 619. The summed E-state index contributed by atoms with van der Waals surface area (Å²) in [5, 5.41) is 0.562. The first kappa shape index (κ1) is 11.9. The third kappa shape index (κ3) is 2.37. The van der Waals surface area contributed by atoms with Gasteiger partial charge in [0.25, 0.3) is 0 Å². The van der Waals surface area contributed by atoms with Crippen molar-refractivity contribution in [2.75, 3.05) is 12.5 Å². The Morgan fingerprint density at radius 2 is 2.11 bits per heavy atom. The summed E-state index contributed by atoms with van der Waals surface area (Å²) >= 11 is 6.15. The number of ether oxygens (including phenoxy) is 3. The van der Waals surface area contributed by atoms with Gasteiger partial charge in [0.2, 0.25) is 6.79 Å². The van der Waals surface area contributed by atoms with Crippen molar-refractivity contribution in [2.45, 2.75) is 6.61 Å². The highest BCUT2D eigenvalue weighted by molar-refractivity contribution is 6.31. The summed E-state index contributed by atoms with van der Waals surface area (Å²) in [5.74, 6) is 2.19. The van der Waals surface area contributed by atoms with Gasteiger partial charge in [-0.2, -0.15) is 0 Å². The highest BCUT2D eigenvalue weighted by Gasteiger charge is 2.16. The van der Waals surface area contributed by atoms with Crippen molar-refractivity contribution in [2.24, 2.45) is 0 Å². The van der Waals surface area contributed by atoms with Crippen molar-refractivity contribution in [1.82, 2.24) is 4.98 Å². The molecule has 0 saturated carbocycles. The van der Waals surface area contributed by atoms with Crippen molar-refractivity contribution < 1.29 is 14.2 Å². The average Bonchev–Trinajstić information content (AvgIpc) is 2.84. The molecule has 0 amide bonds. The smallest absolute Gasteiger partial charge is 0.231 e. The van der Waals surface area contributed by atoms with Crippen LogP contribution in [0.3, 0.4) is 0 Å². The summed E-state index contributed by atoms with van der Waals surface area (Å²) in [5.41, 5.74) is 6.50. The van der Waals surface area contributed by atoms with E-state index < -0.39 is 0 Å². The standard InChI is InChI=1S/C13H11ClN2O3/c14-9-5-12-11(18-7-19-12)4-8(9)6-17-10-2-1-3-16-13(10)15/h1-5H,6-7H2,(H2,15,16). The molecule has 1 aliphatic heterocycles. The monoisotopic (exact) mass is 278 g/mol. The SMILES string of the molecule is Nc1ncccc1OCc1cc2c(cc1Cl)OCO2. The molecule has 0 atom stereocenters. The highest BCUT2D eigenvalue weighted by atomic mass is 35.5. The number of halogens is 1. The van der Waals surface area contributed by atoms with Gasteiger partial charge >= 0.3 is 0 Å². The largest absolute Gasteiger partial charge is 0.485 e. The molecule has 0 fully saturated rings. The molecule has 19 heavy (non-hydrogen) atoms. The Balaban J connectivity index is 1.79. The lowest BCUT2D eigenvalue weighted by Gasteiger charge is -2.09. The molecule has 0 saturated heterocycles. The van der Waals surface area contributed by atoms with Crippen molar-refractivity contribution in [3.63, 3.8) is 0 Å². The lowest BCUT2D eigenvalue weighted by Crippen LogP contribution is -2.00. The molecule has 2 aromatic rings. The second-order valence-electron chi connectivity index (χ2n) is 3.97. The van der Waals surface area contributed by atoms with Crippen LogP contribution in [-0.4, -0.2) is 11.8 Å². The third-order valence-electron chi connectivity index (χ3n) is 2.72. The van der Waals surface area contributed by atoms with Crippen LogP contribution >= 0.6 is 11.6 Å². The molecule has 1 aromatic carbocycles. The van der Waals surface area contributed by atoms with E-state index in [2.05, 4.69) is 4.98 Å². The van der Waals surface area contributed by atoms with Gasteiger partial charge in [-0.1, -0.05) is 11.6 Å². The number of rotatable bonds is 3. The zero-order chi connectivity index (χ0) is 13.2. The van der Waals surface area contributed by atoms with Gasteiger partial charge in [0.1, 0.15) is 6.61 Å². The van der Waals surface area contributed by atoms with Crippen LogP contribution in [0.1, 0.15) is 5.56 Å². The maximum Gasteiger partial charge on any atom is 0.231 e. The zero-order valence-corrected chi connectivity index (χ0v) is 10.7. The number of pyridine rings is 1. The summed E-state index contributed by atoms with van der Waals surface area (Å²) in [7, 11) is 0. The topological polar surface area (TPSA) is 66.6 Å². The molecular weight excluding hydrogens is 268 g/mol. The predicted octanol–water partition coefficient (Wildman–Crippen LogP) is 2.62. The van der Waals surface area contributed by atoms with E-state index >= 15 is 0 Å². The van der Waals surface area contributed by atoms with E-state index in [4.69, 9.17) is 31.5 Å². The molecule has 2 N–H and O–H groups in total. The number of hydrogen-bond acceptors (Lipinski definition) is 5. The normalized spacial score (nSPS) is 12.5. The predicted molar refractivity (Wildman–Crippen MR) is 70.6 cm³/mol. The van der Waals surface area contributed by atoms with Gasteiger partial charge in [0, 0.05) is 17.8 Å². The van der Waals surface area contributed by atoms with Crippen LogP contribution < -0.4 is 19.9 Å². The maximum absolute atomic E-state index is 6.15. The van der Waals surface area contributed by atoms with E-state index in [1.54, 1.807) is 30.5 Å². The molecule has 2 heterocycles. The number of fused-ring (bicyclic) bond motifs is 1. The minimum absolute atomic E-state index is 0.214. The van der Waals surface area contributed by atoms with Gasteiger partial charge in [0.05, 0.1) is 5.02 Å². The Morgan fingerprint density at radius 3 is 2.89 bits per heavy atom. The fourth-order valence-electron chi connectivity index (χ4n) is 1.75. The number of aromatic nitrogens is 1. The second kappa shape index (κ2) is 4.85. The fourth-order valence-corrected chi connectivity index (χ4v) is 1.96. The van der Waals surface area contributed by atoms with Crippen LogP contribution in [0, 0.1) is 0 Å². The molecule has 0 radical (unpaired) electrons. The molecule has 0 aliphatic carbocycles. The maximum atomic E-state index is 6.15. The van der Waals surface area contributed by atoms with Crippen molar-refractivity contribution in [1.29, 1.82) is 0 Å². The number of nitrogens with zero attached hydrogens (tertiary/aromatic N) is 1. The molecule has 98 valence electrons.